The fourth-order valence-corrected chi connectivity index (χ4v) is 2.01. The second kappa shape index (κ2) is 7.65. The lowest BCUT2D eigenvalue weighted by atomic mass is 10.0. The van der Waals surface area contributed by atoms with Crippen molar-refractivity contribution in [1.29, 1.82) is 0 Å². The van der Waals surface area contributed by atoms with Crippen LogP contribution in [0.15, 0.2) is 30.3 Å². The van der Waals surface area contributed by atoms with E-state index in [9.17, 15) is 9.59 Å². The van der Waals surface area contributed by atoms with Gasteiger partial charge >= 0.3 is 5.97 Å². The molecule has 1 aromatic carbocycles. The maximum absolute atomic E-state index is 12.0. The quantitative estimate of drug-likeness (QED) is 0.707. The smallest absolute Gasteiger partial charge is 0.305 e. The maximum Gasteiger partial charge on any atom is 0.305 e. The molecule has 1 unspecified atom stereocenters. The van der Waals surface area contributed by atoms with Gasteiger partial charge in [-0.15, -0.1) is 0 Å². The molecule has 0 heterocycles. The van der Waals surface area contributed by atoms with Crippen LogP contribution in [-0.2, 0) is 9.59 Å². The molecule has 0 aromatic heterocycles. The van der Waals surface area contributed by atoms with Gasteiger partial charge in [0.25, 0.3) is 0 Å². The van der Waals surface area contributed by atoms with Gasteiger partial charge in [-0.3, -0.25) is 9.59 Å². The van der Waals surface area contributed by atoms with E-state index < -0.39 is 18.1 Å². The van der Waals surface area contributed by atoms with Crippen molar-refractivity contribution in [3.63, 3.8) is 0 Å². The van der Waals surface area contributed by atoms with E-state index in [0.29, 0.717) is 12.3 Å². The van der Waals surface area contributed by atoms with Gasteiger partial charge in [0, 0.05) is 0 Å². The summed E-state index contributed by atoms with van der Waals surface area (Å²) in [5, 5.41) is 11.7. The van der Waals surface area contributed by atoms with Crippen LogP contribution in [-0.4, -0.2) is 23.0 Å². The first-order valence-electron chi connectivity index (χ1n) is 6.72. The standard InChI is InChI=1S/C15H22N2O3/c1-10(2)8-12(16)15(20)17-13(9-14(18)19)11-6-4-3-5-7-11/h3-7,10,12-13H,8-9,16H2,1-2H3,(H,17,20)(H,18,19)/t12-,13?/m0/s1. The van der Waals surface area contributed by atoms with Gasteiger partial charge in [-0.2, -0.15) is 0 Å². The molecular formula is C15H22N2O3. The number of nitrogens with two attached hydrogens (primary N) is 1. The van der Waals surface area contributed by atoms with Gasteiger partial charge in [-0.1, -0.05) is 44.2 Å². The highest BCUT2D eigenvalue weighted by molar-refractivity contribution is 5.82. The lowest BCUT2D eigenvalue weighted by Gasteiger charge is -2.21. The number of carboxylic acid groups (broad SMARTS) is 1. The Bertz CT molecular complexity index is 446. The molecule has 4 N–H and O–H groups in total. The van der Waals surface area contributed by atoms with E-state index in [1.54, 1.807) is 12.1 Å². The van der Waals surface area contributed by atoms with E-state index in [4.69, 9.17) is 10.8 Å². The minimum absolute atomic E-state index is 0.163. The summed E-state index contributed by atoms with van der Waals surface area (Å²) in [7, 11) is 0. The molecule has 0 aliphatic heterocycles. The zero-order valence-electron chi connectivity index (χ0n) is 11.9. The van der Waals surface area contributed by atoms with E-state index in [1.807, 2.05) is 32.0 Å². The van der Waals surface area contributed by atoms with E-state index in [2.05, 4.69) is 5.32 Å². The summed E-state index contributed by atoms with van der Waals surface area (Å²) in [4.78, 5) is 22.9. The van der Waals surface area contributed by atoms with Crippen LogP contribution in [0.4, 0.5) is 0 Å². The van der Waals surface area contributed by atoms with Crippen LogP contribution >= 0.6 is 0 Å². The Kier molecular flexibility index (Phi) is 6.18. The molecule has 0 saturated carbocycles. The molecule has 20 heavy (non-hydrogen) atoms. The molecule has 0 bridgehead atoms. The van der Waals surface area contributed by atoms with Crippen LogP contribution < -0.4 is 11.1 Å². The Balaban J connectivity index is 2.75. The molecule has 0 radical (unpaired) electrons. The third-order valence-electron chi connectivity index (χ3n) is 2.96. The van der Waals surface area contributed by atoms with Crippen molar-refractivity contribution < 1.29 is 14.7 Å². The van der Waals surface area contributed by atoms with Crippen LogP contribution in [0.3, 0.4) is 0 Å². The summed E-state index contributed by atoms with van der Waals surface area (Å²) in [6.07, 6.45) is 0.407. The summed E-state index contributed by atoms with van der Waals surface area (Å²) >= 11 is 0. The Morgan fingerprint density at radius 1 is 1.25 bits per heavy atom. The highest BCUT2D eigenvalue weighted by Gasteiger charge is 2.21. The molecule has 0 aliphatic rings. The fraction of sp³-hybridized carbons (Fsp3) is 0.467. The minimum atomic E-state index is -0.961. The largest absolute Gasteiger partial charge is 0.481 e. The normalized spacial score (nSPS) is 13.8. The second-order valence-electron chi connectivity index (χ2n) is 5.31. The van der Waals surface area contributed by atoms with Crippen LogP contribution in [0, 0.1) is 5.92 Å². The molecule has 1 amide bonds. The number of benzene rings is 1. The van der Waals surface area contributed by atoms with Gasteiger partial charge in [-0.05, 0) is 17.9 Å². The minimum Gasteiger partial charge on any atom is -0.481 e. The number of amides is 1. The highest BCUT2D eigenvalue weighted by atomic mass is 16.4. The van der Waals surface area contributed by atoms with Gasteiger partial charge in [0.1, 0.15) is 0 Å². The van der Waals surface area contributed by atoms with Gasteiger partial charge < -0.3 is 16.2 Å². The maximum atomic E-state index is 12.0. The van der Waals surface area contributed by atoms with Crippen LogP contribution in [0.1, 0.15) is 38.3 Å². The monoisotopic (exact) mass is 278 g/mol. The summed E-state index contributed by atoms with van der Waals surface area (Å²) in [5.74, 6) is -0.962. The second-order valence-corrected chi connectivity index (χ2v) is 5.31. The molecular weight excluding hydrogens is 256 g/mol. The topological polar surface area (TPSA) is 92.4 Å². The zero-order valence-corrected chi connectivity index (χ0v) is 11.9. The van der Waals surface area contributed by atoms with Crippen molar-refractivity contribution >= 4 is 11.9 Å². The summed E-state index contributed by atoms with van der Waals surface area (Å²) in [5.41, 5.74) is 6.58. The first kappa shape index (κ1) is 16.2. The molecule has 1 aromatic rings. The first-order valence-corrected chi connectivity index (χ1v) is 6.72. The molecule has 1 rings (SSSR count). The van der Waals surface area contributed by atoms with Crippen molar-refractivity contribution in [1.82, 2.24) is 5.32 Å². The average Bonchev–Trinajstić information content (AvgIpc) is 2.37. The molecule has 0 aliphatic carbocycles. The Hall–Kier alpha value is -1.88. The van der Waals surface area contributed by atoms with Gasteiger partial charge in [-0.25, -0.2) is 0 Å². The molecule has 5 nitrogen and oxygen atoms in total. The lowest BCUT2D eigenvalue weighted by molar-refractivity contribution is -0.137. The van der Waals surface area contributed by atoms with Crippen molar-refractivity contribution in [2.45, 2.75) is 38.8 Å². The van der Waals surface area contributed by atoms with E-state index in [1.165, 1.54) is 0 Å². The number of hydrogen-bond donors (Lipinski definition) is 3. The van der Waals surface area contributed by atoms with E-state index in [-0.39, 0.29) is 12.3 Å². The van der Waals surface area contributed by atoms with Crippen LogP contribution in [0.2, 0.25) is 0 Å². The average molecular weight is 278 g/mol. The highest BCUT2D eigenvalue weighted by Crippen LogP contribution is 2.17. The van der Waals surface area contributed by atoms with Crippen LogP contribution in [0.25, 0.3) is 0 Å². The van der Waals surface area contributed by atoms with Gasteiger partial charge in [0.15, 0.2) is 0 Å². The third kappa shape index (κ3) is 5.40. The third-order valence-corrected chi connectivity index (χ3v) is 2.96. The molecule has 2 atom stereocenters. The zero-order chi connectivity index (χ0) is 15.1. The summed E-state index contributed by atoms with van der Waals surface area (Å²) in [6, 6.07) is 7.88. The van der Waals surface area contributed by atoms with E-state index >= 15 is 0 Å². The molecule has 0 saturated heterocycles. The molecule has 0 fully saturated rings. The first-order chi connectivity index (χ1) is 9.40. The van der Waals surface area contributed by atoms with Gasteiger partial charge in [0.05, 0.1) is 18.5 Å². The number of carbonyl (C=O) groups is 2. The predicted molar refractivity (Wildman–Crippen MR) is 77.0 cm³/mol. The Labute approximate surface area is 119 Å². The Morgan fingerprint density at radius 2 is 1.85 bits per heavy atom. The Morgan fingerprint density at radius 3 is 2.35 bits per heavy atom. The van der Waals surface area contributed by atoms with Crippen LogP contribution in [0.5, 0.6) is 0 Å². The van der Waals surface area contributed by atoms with Crippen molar-refractivity contribution in [2.24, 2.45) is 11.7 Å². The number of aliphatic carboxylic acids is 1. The van der Waals surface area contributed by atoms with Gasteiger partial charge in [0.2, 0.25) is 5.91 Å². The SMILES string of the molecule is CC(C)C[C@H](N)C(=O)NC(CC(=O)O)c1ccccc1. The fourth-order valence-electron chi connectivity index (χ4n) is 2.01. The number of carbonyl (C=O) groups excluding carboxylic acids is 1. The van der Waals surface area contributed by atoms with E-state index in [0.717, 1.165) is 5.56 Å². The van der Waals surface area contributed by atoms with Crippen molar-refractivity contribution in [3.05, 3.63) is 35.9 Å². The van der Waals surface area contributed by atoms with Crippen molar-refractivity contribution in [3.8, 4) is 0 Å². The summed E-state index contributed by atoms with van der Waals surface area (Å²) in [6.45, 7) is 3.97. The molecule has 110 valence electrons. The number of rotatable bonds is 7. The number of nitrogens with one attached hydrogen (secondary N) is 1. The van der Waals surface area contributed by atoms with Crippen molar-refractivity contribution in [2.75, 3.05) is 0 Å². The molecule has 0 spiro atoms. The summed E-state index contributed by atoms with van der Waals surface area (Å²) < 4.78 is 0. The molecule has 5 heteroatoms. The number of carboxylic acids is 1. The number of hydrogen-bond acceptors (Lipinski definition) is 3. The lowest BCUT2D eigenvalue weighted by Crippen LogP contribution is -2.43. The predicted octanol–water partition coefficient (Wildman–Crippen LogP) is 1.69.